The molecular weight excluding hydrogens is 339 g/mol. The van der Waals surface area contributed by atoms with Gasteiger partial charge in [-0.2, -0.15) is 0 Å². The molecule has 0 radical (unpaired) electrons. The third-order valence-corrected chi connectivity index (χ3v) is 3.25. The number of benzene rings is 2. The molecule has 0 heterocycles. The van der Waals surface area contributed by atoms with Crippen molar-refractivity contribution in [3.8, 4) is 11.5 Å². The fraction of sp³-hybridized carbons (Fsp3) is 0.0625. The van der Waals surface area contributed by atoms with Crippen LogP contribution in [0.4, 0.5) is 4.39 Å². The minimum absolute atomic E-state index is 0.348. The fourth-order valence-electron chi connectivity index (χ4n) is 1.66. The summed E-state index contributed by atoms with van der Waals surface area (Å²) in [6, 6.07) is 9.74. The second-order valence-corrected chi connectivity index (χ2v) is 5.28. The molecule has 2 aromatic rings. The van der Waals surface area contributed by atoms with Gasteiger partial charge in [0, 0.05) is 22.2 Å². The van der Waals surface area contributed by atoms with Crippen LogP contribution in [0.25, 0.3) is 6.08 Å². The lowest BCUT2D eigenvalue weighted by Gasteiger charge is -2.10. The van der Waals surface area contributed by atoms with E-state index in [0.29, 0.717) is 22.6 Å². The zero-order valence-corrected chi connectivity index (χ0v) is 12.7. The molecular formula is C16H12BrFO3. The minimum Gasteiger partial charge on any atom is -0.478 e. The average Bonchev–Trinajstić information content (AvgIpc) is 2.42. The van der Waals surface area contributed by atoms with Gasteiger partial charge in [0.15, 0.2) is 0 Å². The monoisotopic (exact) mass is 350 g/mol. The molecule has 108 valence electrons. The van der Waals surface area contributed by atoms with Gasteiger partial charge in [0.05, 0.1) is 0 Å². The Bertz CT molecular complexity index is 711. The Morgan fingerprint density at radius 3 is 2.71 bits per heavy atom. The van der Waals surface area contributed by atoms with Crippen LogP contribution in [0.2, 0.25) is 0 Å². The number of hydrogen-bond donors (Lipinski definition) is 1. The molecule has 3 nitrogen and oxygen atoms in total. The number of hydrogen-bond acceptors (Lipinski definition) is 2. The minimum atomic E-state index is -1.05. The number of carbonyl (C=O) groups is 1. The fourth-order valence-corrected chi connectivity index (χ4v) is 2.00. The lowest BCUT2D eigenvalue weighted by atomic mass is 10.2. The van der Waals surface area contributed by atoms with Gasteiger partial charge in [-0.15, -0.1) is 0 Å². The number of ether oxygens (including phenoxy) is 1. The second kappa shape index (κ2) is 6.54. The molecule has 1 N–H and O–H groups in total. The van der Waals surface area contributed by atoms with Crippen LogP contribution in [0.15, 0.2) is 46.9 Å². The van der Waals surface area contributed by atoms with Crippen molar-refractivity contribution in [2.45, 2.75) is 6.92 Å². The van der Waals surface area contributed by atoms with Crippen LogP contribution in [0, 0.1) is 12.7 Å². The Morgan fingerprint density at radius 1 is 1.29 bits per heavy atom. The number of aryl methyl sites for hydroxylation is 1. The topological polar surface area (TPSA) is 46.5 Å². The molecule has 0 aliphatic heterocycles. The Balaban J connectivity index is 2.35. The molecule has 0 saturated carbocycles. The summed E-state index contributed by atoms with van der Waals surface area (Å²) in [5.74, 6) is -0.623. The third-order valence-electron chi connectivity index (χ3n) is 2.75. The zero-order valence-electron chi connectivity index (χ0n) is 11.1. The summed E-state index contributed by atoms with van der Waals surface area (Å²) in [7, 11) is 0. The predicted octanol–water partition coefficient (Wildman–Crippen LogP) is 4.79. The van der Waals surface area contributed by atoms with E-state index in [4.69, 9.17) is 9.84 Å². The highest BCUT2D eigenvalue weighted by atomic mass is 79.9. The Morgan fingerprint density at radius 2 is 2.05 bits per heavy atom. The number of carboxylic acid groups (broad SMARTS) is 1. The largest absolute Gasteiger partial charge is 0.478 e. The Labute approximate surface area is 129 Å². The van der Waals surface area contributed by atoms with Crippen LogP contribution in [0.5, 0.6) is 11.5 Å². The van der Waals surface area contributed by atoms with Crippen LogP contribution in [-0.2, 0) is 4.79 Å². The van der Waals surface area contributed by atoms with E-state index in [1.54, 1.807) is 37.3 Å². The molecule has 0 spiro atoms. The van der Waals surface area contributed by atoms with Gasteiger partial charge in [0.2, 0.25) is 0 Å². The van der Waals surface area contributed by atoms with E-state index in [0.717, 1.165) is 10.5 Å². The maximum absolute atomic E-state index is 13.5. The van der Waals surface area contributed by atoms with Crippen molar-refractivity contribution in [1.29, 1.82) is 0 Å². The van der Waals surface area contributed by atoms with Gasteiger partial charge in [0.1, 0.15) is 17.3 Å². The van der Waals surface area contributed by atoms with E-state index in [1.807, 2.05) is 0 Å². The van der Waals surface area contributed by atoms with Crippen LogP contribution < -0.4 is 4.74 Å². The lowest BCUT2D eigenvalue weighted by molar-refractivity contribution is -0.131. The van der Waals surface area contributed by atoms with Crippen molar-refractivity contribution in [2.75, 3.05) is 0 Å². The van der Waals surface area contributed by atoms with E-state index >= 15 is 0 Å². The number of rotatable bonds is 4. The van der Waals surface area contributed by atoms with E-state index in [1.165, 1.54) is 12.1 Å². The van der Waals surface area contributed by atoms with E-state index in [9.17, 15) is 9.18 Å². The highest BCUT2D eigenvalue weighted by Gasteiger charge is 2.06. The van der Waals surface area contributed by atoms with Crippen molar-refractivity contribution in [2.24, 2.45) is 0 Å². The third kappa shape index (κ3) is 4.16. The van der Waals surface area contributed by atoms with E-state index < -0.39 is 5.97 Å². The maximum Gasteiger partial charge on any atom is 0.328 e. The predicted molar refractivity (Wildman–Crippen MR) is 82.0 cm³/mol. The first kappa shape index (κ1) is 15.3. The summed E-state index contributed by atoms with van der Waals surface area (Å²) in [6.07, 6.45) is 2.44. The molecule has 21 heavy (non-hydrogen) atoms. The van der Waals surface area contributed by atoms with Gasteiger partial charge >= 0.3 is 5.97 Å². The van der Waals surface area contributed by atoms with Crippen LogP contribution in [0.3, 0.4) is 0 Å². The van der Waals surface area contributed by atoms with Crippen LogP contribution in [-0.4, -0.2) is 11.1 Å². The quantitative estimate of drug-likeness (QED) is 0.806. The maximum atomic E-state index is 13.5. The lowest BCUT2D eigenvalue weighted by Crippen LogP contribution is -1.91. The normalized spacial score (nSPS) is 10.8. The van der Waals surface area contributed by atoms with E-state index in [-0.39, 0.29) is 5.82 Å². The molecule has 0 saturated heterocycles. The molecule has 0 atom stereocenters. The highest BCUT2D eigenvalue weighted by Crippen LogP contribution is 2.30. The molecule has 2 aromatic carbocycles. The molecule has 0 aliphatic carbocycles. The first-order valence-electron chi connectivity index (χ1n) is 6.10. The van der Waals surface area contributed by atoms with Gasteiger partial charge in [-0.05, 0) is 36.8 Å². The Hall–Kier alpha value is -2.14. The zero-order chi connectivity index (χ0) is 15.4. The van der Waals surface area contributed by atoms with Crippen molar-refractivity contribution < 1.29 is 19.0 Å². The average molecular weight is 351 g/mol. The molecule has 0 unspecified atom stereocenters. The number of aliphatic carboxylic acids is 1. The van der Waals surface area contributed by atoms with Crippen molar-refractivity contribution in [1.82, 2.24) is 0 Å². The van der Waals surface area contributed by atoms with Gasteiger partial charge < -0.3 is 9.84 Å². The standard InChI is InChI=1S/C16H12BrFO3/c1-10-2-6-13(9-14(10)18)21-15-8-12(17)5-3-11(15)4-7-16(19)20/h2-9H,1H3,(H,19,20)/b7-4+. The SMILES string of the molecule is Cc1ccc(Oc2cc(Br)ccc2/C=C/C(=O)O)cc1F. The summed E-state index contributed by atoms with van der Waals surface area (Å²) in [4.78, 5) is 10.6. The smallest absolute Gasteiger partial charge is 0.328 e. The summed E-state index contributed by atoms with van der Waals surface area (Å²) in [5, 5.41) is 8.69. The first-order chi connectivity index (χ1) is 9.95. The molecule has 0 aliphatic rings. The van der Waals surface area contributed by atoms with E-state index in [2.05, 4.69) is 15.9 Å². The number of halogens is 2. The van der Waals surface area contributed by atoms with Crippen molar-refractivity contribution in [3.05, 3.63) is 63.9 Å². The first-order valence-corrected chi connectivity index (χ1v) is 6.89. The van der Waals surface area contributed by atoms with Gasteiger partial charge in [-0.25, -0.2) is 9.18 Å². The summed E-state index contributed by atoms with van der Waals surface area (Å²) < 4.78 is 20.0. The molecule has 0 amide bonds. The summed E-state index contributed by atoms with van der Waals surface area (Å²) >= 11 is 3.32. The Kier molecular flexibility index (Phi) is 4.75. The second-order valence-electron chi connectivity index (χ2n) is 4.37. The van der Waals surface area contributed by atoms with Gasteiger partial charge in [-0.1, -0.05) is 28.1 Å². The highest BCUT2D eigenvalue weighted by molar-refractivity contribution is 9.10. The number of carboxylic acids is 1. The molecule has 0 fully saturated rings. The molecule has 2 rings (SSSR count). The molecule has 0 aromatic heterocycles. The van der Waals surface area contributed by atoms with Crippen LogP contribution in [0.1, 0.15) is 11.1 Å². The van der Waals surface area contributed by atoms with Gasteiger partial charge in [-0.3, -0.25) is 0 Å². The van der Waals surface area contributed by atoms with Gasteiger partial charge in [0.25, 0.3) is 0 Å². The molecule has 0 bridgehead atoms. The summed E-state index contributed by atoms with van der Waals surface area (Å²) in [6.45, 7) is 1.67. The van der Waals surface area contributed by atoms with Crippen LogP contribution >= 0.6 is 15.9 Å². The van der Waals surface area contributed by atoms with Crippen molar-refractivity contribution in [3.63, 3.8) is 0 Å². The van der Waals surface area contributed by atoms with Crippen molar-refractivity contribution >= 4 is 28.0 Å². The summed E-state index contributed by atoms with van der Waals surface area (Å²) in [5.41, 5.74) is 1.11. The molecule has 5 heteroatoms.